The Morgan fingerprint density at radius 2 is 2.14 bits per heavy atom. The Morgan fingerprint density at radius 3 is 2.76 bits per heavy atom. The van der Waals surface area contributed by atoms with E-state index < -0.39 is 11.9 Å². The van der Waals surface area contributed by atoms with Crippen molar-refractivity contribution in [1.82, 2.24) is 0 Å². The molecule has 4 nitrogen and oxygen atoms in total. The van der Waals surface area contributed by atoms with Crippen LogP contribution in [0.3, 0.4) is 0 Å². The van der Waals surface area contributed by atoms with Gasteiger partial charge in [-0.2, -0.15) is 5.26 Å². The van der Waals surface area contributed by atoms with Crippen molar-refractivity contribution in [3.63, 3.8) is 0 Å². The Labute approximate surface area is 122 Å². The van der Waals surface area contributed by atoms with E-state index in [-0.39, 0.29) is 17.9 Å². The van der Waals surface area contributed by atoms with Gasteiger partial charge in [-0.25, -0.2) is 4.39 Å². The van der Waals surface area contributed by atoms with E-state index in [1.165, 1.54) is 12.1 Å². The van der Waals surface area contributed by atoms with Gasteiger partial charge in [0.25, 0.3) is 0 Å². The van der Waals surface area contributed by atoms with Crippen LogP contribution in [0, 0.1) is 17.1 Å². The zero-order valence-electron chi connectivity index (χ0n) is 11.5. The summed E-state index contributed by atoms with van der Waals surface area (Å²) in [6.07, 6.45) is 0. The molecule has 2 rings (SSSR count). The molecule has 0 aliphatic heterocycles. The van der Waals surface area contributed by atoms with Crippen LogP contribution in [0.15, 0.2) is 42.5 Å². The lowest BCUT2D eigenvalue weighted by Gasteiger charge is -2.19. The number of methoxy groups -OCH3 is 1. The fraction of sp³-hybridized carbons (Fsp3) is 0.188. The van der Waals surface area contributed by atoms with E-state index in [4.69, 9.17) is 10.00 Å². The van der Waals surface area contributed by atoms with Gasteiger partial charge in [0.15, 0.2) is 0 Å². The topological polar surface area (TPSA) is 65.3 Å². The van der Waals surface area contributed by atoms with Gasteiger partial charge in [-0.05, 0) is 35.9 Å². The van der Waals surface area contributed by atoms with E-state index in [1.807, 2.05) is 12.1 Å². The molecule has 0 amide bonds. The summed E-state index contributed by atoms with van der Waals surface area (Å²) in [7, 11) is 1.56. The Morgan fingerprint density at radius 1 is 1.33 bits per heavy atom. The highest BCUT2D eigenvalue weighted by atomic mass is 19.1. The van der Waals surface area contributed by atoms with Crippen LogP contribution in [0.2, 0.25) is 0 Å². The molecule has 0 saturated carbocycles. The van der Waals surface area contributed by atoms with Gasteiger partial charge in [0, 0.05) is 0 Å². The minimum atomic E-state index is -0.532. The molecule has 0 bridgehead atoms. The molecule has 5 heteroatoms. The first-order valence-electron chi connectivity index (χ1n) is 6.39. The first-order valence-corrected chi connectivity index (χ1v) is 6.39. The highest BCUT2D eigenvalue weighted by molar-refractivity contribution is 5.50. The molecule has 0 heterocycles. The van der Waals surface area contributed by atoms with E-state index >= 15 is 0 Å². The monoisotopic (exact) mass is 286 g/mol. The quantitative estimate of drug-likeness (QED) is 0.887. The zero-order valence-corrected chi connectivity index (χ0v) is 11.5. The van der Waals surface area contributed by atoms with E-state index in [9.17, 15) is 9.50 Å². The van der Waals surface area contributed by atoms with Crippen LogP contribution in [0.1, 0.15) is 17.2 Å². The third kappa shape index (κ3) is 3.50. The fourth-order valence-corrected chi connectivity index (χ4v) is 1.98. The Kier molecular flexibility index (Phi) is 4.75. The average Bonchev–Trinajstić information content (AvgIpc) is 2.53. The van der Waals surface area contributed by atoms with Gasteiger partial charge in [-0.15, -0.1) is 0 Å². The van der Waals surface area contributed by atoms with Gasteiger partial charge in [-0.3, -0.25) is 0 Å². The minimum Gasteiger partial charge on any atom is -0.497 e. The van der Waals surface area contributed by atoms with Crippen molar-refractivity contribution in [3.8, 4) is 11.8 Å². The number of aliphatic hydroxyl groups excluding tert-OH is 1. The van der Waals surface area contributed by atoms with Crippen LogP contribution in [-0.2, 0) is 0 Å². The second kappa shape index (κ2) is 6.73. The normalized spacial score (nSPS) is 11.5. The van der Waals surface area contributed by atoms with Gasteiger partial charge < -0.3 is 15.2 Å². The molecule has 0 spiro atoms. The third-order valence-corrected chi connectivity index (χ3v) is 3.11. The second-order valence-electron chi connectivity index (χ2n) is 4.46. The average molecular weight is 286 g/mol. The van der Waals surface area contributed by atoms with Crippen LogP contribution >= 0.6 is 0 Å². The molecule has 0 unspecified atom stereocenters. The number of hydrogen-bond acceptors (Lipinski definition) is 4. The molecule has 0 aliphatic rings. The number of rotatable bonds is 5. The van der Waals surface area contributed by atoms with Gasteiger partial charge in [0.2, 0.25) is 0 Å². The maximum atomic E-state index is 13.9. The Hall–Kier alpha value is -2.58. The lowest BCUT2D eigenvalue weighted by Crippen LogP contribution is -2.15. The molecule has 1 atom stereocenters. The molecule has 2 aromatic carbocycles. The number of nitrogens with zero attached hydrogens (tertiary/aromatic N) is 1. The summed E-state index contributed by atoms with van der Waals surface area (Å²) in [5.74, 6) is 0.128. The molecular weight excluding hydrogens is 271 g/mol. The first kappa shape index (κ1) is 14.8. The van der Waals surface area contributed by atoms with Crippen molar-refractivity contribution in [3.05, 3.63) is 59.4 Å². The summed E-state index contributed by atoms with van der Waals surface area (Å²) in [6.45, 7) is -0.202. The lowest BCUT2D eigenvalue weighted by molar-refractivity contribution is 0.276. The van der Waals surface area contributed by atoms with Crippen molar-refractivity contribution in [2.75, 3.05) is 19.0 Å². The Balaban J connectivity index is 2.24. The van der Waals surface area contributed by atoms with Gasteiger partial charge in [0.1, 0.15) is 11.6 Å². The van der Waals surface area contributed by atoms with E-state index in [0.717, 1.165) is 11.6 Å². The van der Waals surface area contributed by atoms with Crippen LogP contribution in [-0.4, -0.2) is 18.8 Å². The smallest absolute Gasteiger partial charge is 0.147 e. The number of benzene rings is 2. The summed E-state index contributed by atoms with van der Waals surface area (Å²) in [5, 5.41) is 21.2. The molecule has 0 radical (unpaired) electrons. The molecule has 0 saturated heterocycles. The summed E-state index contributed by atoms with van der Waals surface area (Å²) in [4.78, 5) is 0. The van der Waals surface area contributed by atoms with E-state index in [2.05, 4.69) is 5.32 Å². The van der Waals surface area contributed by atoms with Crippen molar-refractivity contribution in [2.24, 2.45) is 0 Å². The summed E-state index contributed by atoms with van der Waals surface area (Å²) >= 11 is 0. The first-order chi connectivity index (χ1) is 10.2. The number of hydrogen-bond donors (Lipinski definition) is 2. The molecule has 0 aliphatic carbocycles. The SMILES string of the molecule is COc1cccc([C@@H](CO)Nc2ccc(C#N)cc2F)c1. The Bertz CT molecular complexity index is 668. The number of anilines is 1. The van der Waals surface area contributed by atoms with Crippen molar-refractivity contribution in [2.45, 2.75) is 6.04 Å². The van der Waals surface area contributed by atoms with E-state index in [1.54, 1.807) is 25.3 Å². The molecule has 0 fully saturated rings. The minimum absolute atomic E-state index is 0.202. The molecule has 108 valence electrons. The van der Waals surface area contributed by atoms with Crippen LogP contribution in [0.5, 0.6) is 5.75 Å². The van der Waals surface area contributed by atoms with Gasteiger partial charge in [0.05, 0.1) is 37.1 Å². The van der Waals surface area contributed by atoms with Crippen LogP contribution < -0.4 is 10.1 Å². The molecular formula is C16H15FN2O2. The summed E-state index contributed by atoms with van der Waals surface area (Å²) in [5.41, 5.74) is 1.26. The fourth-order valence-electron chi connectivity index (χ4n) is 1.98. The van der Waals surface area contributed by atoms with Crippen molar-refractivity contribution in [1.29, 1.82) is 5.26 Å². The molecule has 2 aromatic rings. The second-order valence-corrected chi connectivity index (χ2v) is 4.46. The van der Waals surface area contributed by atoms with Crippen LogP contribution in [0.4, 0.5) is 10.1 Å². The standard InChI is InChI=1S/C16H15FN2O2/c1-21-13-4-2-3-12(8-13)16(10-20)19-15-6-5-11(9-18)7-14(15)17/h2-8,16,19-20H,10H2,1H3/t16-/m1/s1. The lowest BCUT2D eigenvalue weighted by atomic mass is 10.1. The predicted molar refractivity (Wildman–Crippen MR) is 77.6 cm³/mol. The predicted octanol–water partition coefficient (Wildman–Crippen LogP) is 2.85. The summed E-state index contributed by atoms with van der Waals surface area (Å²) < 4.78 is 19.0. The number of nitrogens with one attached hydrogen (secondary N) is 1. The number of halogens is 1. The van der Waals surface area contributed by atoms with Crippen molar-refractivity contribution >= 4 is 5.69 Å². The molecule has 0 aromatic heterocycles. The number of ether oxygens (including phenoxy) is 1. The van der Waals surface area contributed by atoms with Crippen molar-refractivity contribution < 1.29 is 14.2 Å². The maximum absolute atomic E-state index is 13.9. The van der Waals surface area contributed by atoms with E-state index in [0.29, 0.717) is 5.75 Å². The zero-order chi connectivity index (χ0) is 15.2. The maximum Gasteiger partial charge on any atom is 0.147 e. The number of aliphatic hydroxyl groups is 1. The number of nitriles is 1. The molecule has 2 N–H and O–H groups in total. The summed E-state index contributed by atoms with van der Waals surface area (Å²) in [6, 6.07) is 12.7. The largest absolute Gasteiger partial charge is 0.497 e. The van der Waals surface area contributed by atoms with Crippen LogP contribution in [0.25, 0.3) is 0 Å². The highest BCUT2D eigenvalue weighted by Crippen LogP contribution is 2.24. The third-order valence-electron chi connectivity index (χ3n) is 3.11. The molecule has 21 heavy (non-hydrogen) atoms. The van der Waals surface area contributed by atoms with Gasteiger partial charge in [-0.1, -0.05) is 12.1 Å². The van der Waals surface area contributed by atoms with Gasteiger partial charge >= 0.3 is 0 Å². The highest BCUT2D eigenvalue weighted by Gasteiger charge is 2.13.